The highest BCUT2D eigenvalue weighted by molar-refractivity contribution is 7.14. The molecule has 0 radical (unpaired) electrons. The van der Waals surface area contributed by atoms with Crippen LogP contribution >= 0.6 is 34.3 Å². The molecule has 0 bridgehead atoms. The third kappa shape index (κ3) is 2.55. The van der Waals surface area contributed by atoms with Crippen molar-refractivity contribution in [1.82, 2.24) is 23.7 Å². The maximum atomic E-state index is 12.5. The molecule has 10 heteroatoms. The second kappa shape index (κ2) is 5.94. The van der Waals surface area contributed by atoms with Gasteiger partial charge in [-0.15, -0.1) is 11.3 Å². The van der Waals surface area contributed by atoms with Gasteiger partial charge in [0.05, 0.1) is 12.2 Å². The Kier molecular flexibility index (Phi) is 3.86. The van der Waals surface area contributed by atoms with Gasteiger partial charge in [0.15, 0.2) is 11.2 Å². The van der Waals surface area contributed by atoms with Crippen LogP contribution in [0.15, 0.2) is 31.8 Å². The summed E-state index contributed by atoms with van der Waals surface area (Å²) in [5.74, 6) is 0. The van der Waals surface area contributed by atoms with Crippen molar-refractivity contribution in [3.63, 3.8) is 0 Å². The SMILES string of the molecule is Cn1c(=O)c2c(nc(Cl)n2Cc2csc(-c3ccsc3)n2)n(C)c1=O. The number of thiophene rings is 1. The molecule has 0 fully saturated rings. The number of aromatic nitrogens is 5. The molecule has 0 atom stereocenters. The Bertz CT molecular complexity index is 1200. The summed E-state index contributed by atoms with van der Waals surface area (Å²) in [5.41, 5.74) is 1.55. The van der Waals surface area contributed by atoms with Crippen molar-refractivity contribution < 1.29 is 0 Å². The quantitative estimate of drug-likeness (QED) is 0.500. The second-order valence-electron chi connectivity index (χ2n) is 5.50. The summed E-state index contributed by atoms with van der Waals surface area (Å²) >= 11 is 9.39. The molecule has 7 nitrogen and oxygen atoms in total. The van der Waals surface area contributed by atoms with Gasteiger partial charge < -0.3 is 4.57 Å². The van der Waals surface area contributed by atoms with E-state index < -0.39 is 11.2 Å². The zero-order chi connectivity index (χ0) is 17.7. The largest absolute Gasteiger partial charge is 0.332 e. The summed E-state index contributed by atoms with van der Waals surface area (Å²) in [7, 11) is 3.00. The van der Waals surface area contributed by atoms with Gasteiger partial charge in [0.2, 0.25) is 5.28 Å². The molecule has 0 aliphatic rings. The molecule has 4 aromatic heterocycles. The Morgan fingerprint density at radius 1 is 1.16 bits per heavy atom. The van der Waals surface area contributed by atoms with E-state index in [1.165, 1.54) is 23.0 Å². The standard InChI is InChI=1S/C15H12ClN5O2S2/c1-19-11-10(13(22)20(2)15(19)23)21(14(16)18-11)5-9-7-25-12(17-9)8-3-4-24-6-8/h3-4,6-7H,5H2,1-2H3. The van der Waals surface area contributed by atoms with Crippen LogP contribution in [-0.2, 0) is 20.6 Å². The molecule has 0 amide bonds. The van der Waals surface area contributed by atoms with Crippen LogP contribution in [0.4, 0.5) is 0 Å². The number of fused-ring (bicyclic) bond motifs is 1. The predicted molar refractivity (Wildman–Crippen MR) is 99.8 cm³/mol. The van der Waals surface area contributed by atoms with E-state index in [-0.39, 0.29) is 10.9 Å². The molecule has 0 saturated heterocycles. The van der Waals surface area contributed by atoms with Crippen molar-refractivity contribution in [2.24, 2.45) is 14.1 Å². The number of hydrogen-bond acceptors (Lipinski definition) is 6. The van der Waals surface area contributed by atoms with Gasteiger partial charge in [-0.1, -0.05) is 0 Å². The minimum atomic E-state index is -0.438. The fraction of sp³-hybridized carbons (Fsp3) is 0.200. The van der Waals surface area contributed by atoms with Crippen LogP contribution < -0.4 is 11.2 Å². The molecule has 0 aromatic carbocycles. The molecule has 0 saturated carbocycles. The van der Waals surface area contributed by atoms with Crippen LogP contribution in [0, 0.1) is 0 Å². The molecule has 0 aliphatic heterocycles. The fourth-order valence-electron chi connectivity index (χ4n) is 2.62. The Morgan fingerprint density at radius 3 is 2.68 bits per heavy atom. The van der Waals surface area contributed by atoms with Crippen molar-refractivity contribution in [3.05, 3.63) is 54.0 Å². The molecular weight excluding hydrogens is 382 g/mol. The molecule has 4 heterocycles. The number of rotatable bonds is 3. The van der Waals surface area contributed by atoms with E-state index in [9.17, 15) is 9.59 Å². The lowest BCUT2D eigenvalue weighted by atomic mass is 10.3. The first-order chi connectivity index (χ1) is 12.0. The van der Waals surface area contributed by atoms with E-state index in [1.807, 2.05) is 22.2 Å². The highest BCUT2D eigenvalue weighted by Gasteiger charge is 2.19. The maximum absolute atomic E-state index is 12.5. The van der Waals surface area contributed by atoms with Crippen LogP contribution in [0.5, 0.6) is 0 Å². The van der Waals surface area contributed by atoms with Crippen LogP contribution in [0.1, 0.15) is 5.69 Å². The van der Waals surface area contributed by atoms with E-state index in [0.717, 1.165) is 20.8 Å². The molecule has 25 heavy (non-hydrogen) atoms. The van der Waals surface area contributed by atoms with Crippen molar-refractivity contribution in [2.75, 3.05) is 0 Å². The number of aryl methyl sites for hydroxylation is 1. The number of hydrogen-bond donors (Lipinski definition) is 0. The Labute approximate surface area is 154 Å². The van der Waals surface area contributed by atoms with E-state index in [4.69, 9.17) is 11.6 Å². The normalized spacial score (nSPS) is 11.5. The van der Waals surface area contributed by atoms with E-state index >= 15 is 0 Å². The van der Waals surface area contributed by atoms with Gasteiger partial charge in [-0.2, -0.15) is 16.3 Å². The van der Waals surface area contributed by atoms with Crippen LogP contribution in [0.3, 0.4) is 0 Å². The molecule has 4 rings (SSSR count). The lowest BCUT2D eigenvalue weighted by molar-refractivity contribution is 0.701. The van der Waals surface area contributed by atoms with E-state index in [1.54, 1.807) is 23.0 Å². The van der Waals surface area contributed by atoms with Crippen molar-refractivity contribution in [1.29, 1.82) is 0 Å². The monoisotopic (exact) mass is 393 g/mol. The summed E-state index contributed by atoms with van der Waals surface area (Å²) < 4.78 is 3.96. The Hall–Kier alpha value is -2.23. The van der Waals surface area contributed by atoms with Crippen molar-refractivity contribution in [3.8, 4) is 10.6 Å². The minimum Gasteiger partial charge on any atom is -0.303 e. The van der Waals surface area contributed by atoms with Gasteiger partial charge in [-0.3, -0.25) is 13.9 Å². The zero-order valence-corrected chi connectivity index (χ0v) is 15.7. The highest BCUT2D eigenvalue weighted by Crippen LogP contribution is 2.27. The van der Waals surface area contributed by atoms with Gasteiger partial charge >= 0.3 is 5.69 Å². The van der Waals surface area contributed by atoms with Gasteiger partial charge in [0, 0.05) is 30.4 Å². The average Bonchev–Trinajstić information content (AvgIpc) is 3.32. The first kappa shape index (κ1) is 16.2. The maximum Gasteiger partial charge on any atom is 0.332 e. The topological polar surface area (TPSA) is 74.7 Å². The second-order valence-corrected chi connectivity index (χ2v) is 7.48. The van der Waals surface area contributed by atoms with Crippen LogP contribution in [0.25, 0.3) is 21.7 Å². The van der Waals surface area contributed by atoms with Gasteiger partial charge in [0.1, 0.15) is 5.01 Å². The number of imidazole rings is 1. The van der Waals surface area contributed by atoms with E-state index in [2.05, 4.69) is 9.97 Å². The number of nitrogens with zero attached hydrogens (tertiary/aromatic N) is 5. The first-order valence-corrected chi connectivity index (χ1v) is 9.46. The summed E-state index contributed by atoms with van der Waals surface area (Å²) in [6.45, 7) is 0.309. The van der Waals surface area contributed by atoms with Gasteiger partial charge in [-0.25, -0.2) is 9.78 Å². The Morgan fingerprint density at radius 2 is 1.96 bits per heavy atom. The van der Waals surface area contributed by atoms with Crippen molar-refractivity contribution in [2.45, 2.75) is 6.54 Å². The lowest BCUT2D eigenvalue weighted by Crippen LogP contribution is -2.37. The lowest BCUT2D eigenvalue weighted by Gasteiger charge is -2.05. The molecule has 0 aliphatic carbocycles. The summed E-state index contributed by atoms with van der Waals surface area (Å²) in [6, 6.07) is 2.01. The number of thiazole rings is 1. The summed E-state index contributed by atoms with van der Waals surface area (Å²) in [5, 5.41) is 7.03. The molecular formula is C15H12ClN5O2S2. The molecule has 0 unspecified atom stereocenters. The number of halogens is 1. The third-order valence-corrected chi connectivity index (χ3v) is 5.85. The Balaban J connectivity index is 1.84. The van der Waals surface area contributed by atoms with Gasteiger partial charge in [-0.05, 0) is 23.0 Å². The van der Waals surface area contributed by atoms with E-state index in [0.29, 0.717) is 12.1 Å². The summed E-state index contributed by atoms with van der Waals surface area (Å²) in [4.78, 5) is 33.4. The molecule has 4 aromatic rings. The fourth-order valence-corrected chi connectivity index (χ4v) is 4.37. The predicted octanol–water partition coefficient (Wildman–Crippen LogP) is 2.32. The van der Waals surface area contributed by atoms with Crippen LogP contribution in [-0.4, -0.2) is 23.7 Å². The highest BCUT2D eigenvalue weighted by atomic mass is 35.5. The average molecular weight is 394 g/mol. The smallest absolute Gasteiger partial charge is 0.303 e. The molecule has 0 N–H and O–H groups in total. The van der Waals surface area contributed by atoms with Crippen molar-refractivity contribution >= 4 is 45.4 Å². The molecule has 0 spiro atoms. The minimum absolute atomic E-state index is 0.151. The third-order valence-electron chi connectivity index (χ3n) is 3.94. The summed E-state index contributed by atoms with van der Waals surface area (Å²) in [6.07, 6.45) is 0. The molecule has 128 valence electrons. The first-order valence-electron chi connectivity index (χ1n) is 7.26. The van der Waals surface area contributed by atoms with Crippen LogP contribution in [0.2, 0.25) is 5.28 Å². The zero-order valence-electron chi connectivity index (χ0n) is 13.3. The van der Waals surface area contributed by atoms with Gasteiger partial charge in [0.25, 0.3) is 5.56 Å².